The fraction of sp³-hybridized carbons (Fsp3) is 0.273. The van der Waals surface area contributed by atoms with Crippen molar-refractivity contribution in [1.82, 2.24) is 0 Å². The molecule has 0 aliphatic heterocycles. The number of rotatable bonds is 4. The molecule has 4 heteroatoms. The molecule has 84 valence electrons. The van der Waals surface area contributed by atoms with Crippen LogP contribution in [0.1, 0.15) is 5.56 Å². The molecule has 0 bridgehead atoms. The first-order valence-electron chi connectivity index (χ1n) is 4.44. The largest absolute Gasteiger partial charge is 0.496 e. The molecule has 0 spiro atoms. The highest BCUT2D eigenvalue weighted by Crippen LogP contribution is 2.18. The molecule has 15 heavy (non-hydrogen) atoms. The van der Waals surface area contributed by atoms with Crippen LogP contribution in [0.15, 0.2) is 36.2 Å². The first kappa shape index (κ1) is 13.9. The zero-order valence-corrected chi connectivity index (χ0v) is 9.39. The Balaban J connectivity index is 0.00000196. The molecule has 1 aromatic rings. The molecular formula is C11H15ClFNO. The topological polar surface area (TPSA) is 35.2 Å². The lowest BCUT2D eigenvalue weighted by Gasteiger charge is -2.05. The minimum Gasteiger partial charge on any atom is -0.496 e. The average molecular weight is 232 g/mol. The Morgan fingerprint density at radius 3 is 2.73 bits per heavy atom. The van der Waals surface area contributed by atoms with Crippen molar-refractivity contribution < 1.29 is 9.13 Å². The standard InChI is InChI=1S/C11H14FNO.ClH/c1-14-11-5-3-2-4-9(11)6-7-10(12)8-13;/h2-5,7H,6,8,13H2,1H3;1H. The third-order valence-electron chi connectivity index (χ3n) is 1.93. The van der Waals surface area contributed by atoms with Crippen LogP contribution < -0.4 is 10.5 Å². The molecule has 0 aliphatic carbocycles. The second-order valence-electron chi connectivity index (χ2n) is 2.87. The average Bonchev–Trinajstić information content (AvgIpc) is 2.26. The van der Waals surface area contributed by atoms with E-state index in [0.717, 1.165) is 11.3 Å². The smallest absolute Gasteiger partial charge is 0.122 e. The van der Waals surface area contributed by atoms with Crippen LogP contribution in [0.5, 0.6) is 5.75 Å². The van der Waals surface area contributed by atoms with Gasteiger partial charge in [0.15, 0.2) is 0 Å². The summed E-state index contributed by atoms with van der Waals surface area (Å²) in [5.41, 5.74) is 6.09. The predicted molar refractivity (Wildman–Crippen MR) is 62.2 cm³/mol. The fourth-order valence-corrected chi connectivity index (χ4v) is 1.18. The van der Waals surface area contributed by atoms with Gasteiger partial charge in [-0.1, -0.05) is 18.2 Å². The second-order valence-corrected chi connectivity index (χ2v) is 2.87. The maximum atomic E-state index is 12.7. The van der Waals surface area contributed by atoms with E-state index in [2.05, 4.69) is 0 Å². The Bertz CT molecular complexity index is 328. The van der Waals surface area contributed by atoms with Crippen molar-refractivity contribution >= 4 is 12.4 Å². The summed E-state index contributed by atoms with van der Waals surface area (Å²) < 4.78 is 17.9. The number of benzene rings is 1. The van der Waals surface area contributed by atoms with Gasteiger partial charge in [-0.15, -0.1) is 12.4 Å². The number of methoxy groups -OCH3 is 1. The highest BCUT2D eigenvalue weighted by Gasteiger charge is 1.99. The molecule has 0 fully saturated rings. The zero-order valence-electron chi connectivity index (χ0n) is 8.57. The Kier molecular flexibility index (Phi) is 6.75. The van der Waals surface area contributed by atoms with Gasteiger partial charge in [-0.05, 0) is 24.1 Å². The van der Waals surface area contributed by atoms with Crippen molar-refractivity contribution in [3.05, 3.63) is 41.7 Å². The molecule has 0 unspecified atom stereocenters. The lowest BCUT2D eigenvalue weighted by Crippen LogP contribution is -1.99. The van der Waals surface area contributed by atoms with Gasteiger partial charge >= 0.3 is 0 Å². The molecule has 0 atom stereocenters. The van der Waals surface area contributed by atoms with Crippen LogP contribution >= 0.6 is 12.4 Å². The van der Waals surface area contributed by atoms with Gasteiger partial charge in [0.2, 0.25) is 0 Å². The van der Waals surface area contributed by atoms with E-state index in [-0.39, 0.29) is 24.8 Å². The van der Waals surface area contributed by atoms with Crippen LogP contribution in [0.2, 0.25) is 0 Å². The van der Waals surface area contributed by atoms with Gasteiger partial charge in [-0.3, -0.25) is 0 Å². The highest BCUT2D eigenvalue weighted by atomic mass is 35.5. The Hall–Kier alpha value is -1.06. The van der Waals surface area contributed by atoms with Crippen LogP contribution in [-0.4, -0.2) is 13.7 Å². The quantitative estimate of drug-likeness (QED) is 0.864. The molecule has 1 rings (SSSR count). The third-order valence-corrected chi connectivity index (χ3v) is 1.93. The van der Waals surface area contributed by atoms with Gasteiger partial charge in [0.25, 0.3) is 0 Å². The van der Waals surface area contributed by atoms with Crippen LogP contribution in [0.3, 0.4) is 0 Å². The van der Waals surface area contributed by atoms with Crippen LogP contribution in [-0.2, 0) is 6.42 Å². The van der Waals surface area contributed by atoms with Crippen LogP contribution in [0.25, 0.3) is 0 Å². The van der Waals surface area contributed by atoms with Crippen molar-refractivity contribution in [3.63, 3.8) is 0 Å². The molecular weight excluding hydrogens is 217 g/mol. The molecule has 0 saturated heterocycles. The van der Waals surface area contributed by atoms with Gasteiger partial charge in [0.1, 0.15) is 11.6 Å². The van der Waals surface area contributed by atoms with E-state index in [9.17, 15) is 4.39 Å². The molecule has 2 N–H and O–H groups in total. The van der Waals surface area contributed by atoms with Gasteiger partial charge in [0.05, 0.1) is 7.11 Å². The molecule has 1 aromatic carbocycles. The zero-order chi connectivity index (χ0) is 10.4. The second kappa shape index (κ2) is 7.26. The maximum absolute atomic E-state index is 12.7. The highest BCUT2D eigenvalue weighted by molar-refractivity contribution is 5.85. The lowest BCUT2D eigenvalue weighted by atomic mass is 10.1. The summed E-state index contributed by atoms with van der Waals surface area (Å²) in [6.07, 6.45) is 1.98. The van der Waals surface area contributed by atoms with Gasteiger partial charge in [-0.2, -0.15) is 0 Å². The molecule has 0 aromatic heterocycles. The summed E-state index contributed by atoms with van der Waals surface area (Å²) >= 11 is 0. The molecule has 0 radical (unpaired) electrons. The van der Waals surface area contributed by atoms with E-state index in [1.165, 1.54) is 6.08 Å². The number of ether oxygens (including phenoxy) is 1. The summed E-state index contributed by atoms with van der Waals surface area (Å²) in [6.45, 7) is -0.0465. The van der Waals surface area contributed by atoms with Crippen molar-refractivity contribution in [2.24, 2.45) is 5.73 Å². The molecule has 0 saturated carbocycles. The number of para-hydroxylation sites is 1. The SMILES string of the molecule is COc1ccccc1CC=C(F)CN.Cl. The first-order valence-corrected chi connectivity index (χ1v) is 4.44. The summed E-state index contributed by atoms with van der Waals surface area (Å²) in [5, 5.41) is 0. The molecule has 0 heterocycles. The van der Waals surface area contributed by atoms with Crippen molar-refractivity contribution in [2.45, 2.75) is 6.42 Å². The molecule has 0 aliphatic rings. The van der Waals surface area contributed by atoms with E-state index in [4.69, 9.17) is 10.5 Å². The normalized spacial score (nSPS) is 10.7. The Morgan fingerprint density at radius 2 is 2.13 bits per heavy atom. The number of hydrogen-bond donors (Lipinski definition) is 1. The lowest BCUT2D eigenvalue weighted by molar-refractivity contribution is 0.410. The minimum absolute atomic E-state index is 0. The Labute approximate surface area is 95.3 Å². The minimum atomic E-state index is -0.295. The summed E-state index contributed by atoms with van der Waals surface area (Å²) in [6, 6.07) is 7.53. The first-order chi connectivity index (χ1) is 6.77. The Morgan fingerprint density at radius 1 is 1.47 bits per heavy atom. The molecule has 2 nitrogen and oxygen atoms in total. The summed E-state index contributed by atoms with van der Waals surface area (Å²) in [7, 11) is 1.60. The third kappa shape index (κ3) is 4.32. The van der Waals surface area contributed by atoms with Crippen LogP contribution in [0.4, 0.5) is 4.39 Å². The van der Waals surface area contributed by atoms with E-state index in [0.29, 0.717) is 6.42 Å². The van der Waals surface area contributed by atoms with E-state index in [1.54, 1.807) is 7.11 Å². The predicted octanol–water partition coefficient (Wildman–Crippen LogP) is 2.47. The van der Waals surface area contributed by atoms with Crippen LogP contribution in [0, 0.1) is 0 Å². The van der Waals surface area contributed by atoms with Gasteiger partial charge in [-0.25, -0.2) is 4.39 Å². The number of halogens is 2. The fourth-order valence-electron chi connectivity index (χ4n) is 1.18. The number of allylic oxidation sites excluding steroid dienone is 1. The van der Waals surface area contributed by atoms with E-state index < -0.39 is 0 Å². The van der Waals surface area contributed by atoms with E-state index >= 15 is 0 Å². The van der Waals surface area contributed by atoms with Crippen molar-refractivity contribution in [1.29, 1.82) is 0 Å². The van der Waals surface area contributed by atoms with Gasteiger partial charge in [0, 0.05) is 6.54 Å². The van der Waals surface area contributed by atoms with Crippen molar-refractivity contribution in [2.75, 3.05) is 13.7 Å². The van der Waals surface area contributed by atoms with Crippen molar-refractivity contribution in [3.8, 4) is 5.75 Å². The number of hydrogen-bond acceptors (Lipinski definition) is 2. The monoisotopic (exact) mass is 231 g/mol. The van der Waals surface area contributed by atoms with Gasteiger partial charge < -0.3 is 10.5 Å². The summed E-state index contributed by atoms with van der Waals surface area (Å²) in [5.74, 6) is 0.476. The molecule has 0 amide bonds. The summed E-state index contributed by atoms with van der Waals surface area (Å²) in [4.78, 5) is 0. The van der Waals surface area contributed by atoms with E-state index in [1.807, 2.05) is 24.3 Å². The maximum Gasteiger partial charge on any atom is 0.122 e. The number of nitrogens with two attached hydrogens (primary N) is 1.